The van der Waals surface area contributed by atoms with Gasteiger partial charge in [-0.15, -0.1) is 0 Å². The second kappa shape index (κ2) is 14.6. The number of rotatable bonds is 7. The van der Waals surface area contributed by atoms with Crippen LogP contribution in [0, 0.1) is 6.92 Å². The fourth-order valence-corrected chi connectivity index (χ4v) is 7.55. The Balaban J connectivity index is 0.951. The molecular weight excluding hydrogens is 693 g/mol. The lowest BCUT2D eigenvalue weighted by Gasteiger charge is -2.11. The summed E-state index contributed by atoms with van der Waals surface area (Å²) in [5, 5.41) is 2.20. The summed E-state index contributed by atoms with van der Waals surface area (Å²) in [7, 11) is 0. The van der Waals surface area contributed by atoms with Crippen LogP contribution in [0.3, 0.4) is 0 Å². The minimum absolute atomic E-state index is 0.702. The standard InChI is InChI=1S/C53H36N4/c1-35-33-48(40-13-7-3-8-14-40)55-52-46(35)31-29-44-30-32-47(54-51(44)52)41-23-17-38(18-24-41)39-21-27-43(28-22-39)50-34-49(56-53(57-50)45-15-9-4-10-16-45)42-25-19-37(20-26-42)36-11-5-2-6-12-36/h2-34H,1H3. The van der Waals surface area contributed by atoms with Gasteiger partial charge in [0.2, 0.25) is 0 Å². The van der Waals surface area contributed by atoms with Crippen LogP contribution in [0.25, 0.3) is 100 Å². The van der Waals surface area contributed by atoms with Gasteiger partial charge in [-0.05, 0) is 52.9 Å². The maximum Gasteiger partial charge on any atom is 0.160 e. The molecule has 10 aromatic rings. The molecule has 0 aliphatic rings. The van der Waals surface area contributed by atoms with E-state index in [1.54, 1.807) is 0 Å². The highest BCUT2D eigenvalue weighted by Crippen LogP contribution is 2.33. The second-order valence-corrected chi connectivity index (χ2v) is 14.3. The van der Waals surface area contributed by atoms with Crippen molar-refractivity contribution in [2.24, 2.45) is 0 Å². The predicted molar refractivity (Wildman–Crippen MR) is 235 cm³/mol. The summed E-state index contributed by atoms with van der Waals surface area (Å²) >= 11 is 0. The van der Waals surface area contributed by atoms with Gasteiger partial charge in [-0.2, -0.15) is 0 Å². The summed E-state index contributed by atoms with van der Waals surface area (Å²) in [6.07, 6.45) is 0. The van der Waals surface area contributed by atoms with E-state index in [1.807, 2.05) is 30.3 Å². The van der Waals surface area contributed by atoms with Gasteiger partial charge in [0.1, 0.15) is 0 Å². The second-order valence-electron chi connectivity index (χ2n) is 14.3. The van der Waals surface area contributed by atoms with E-state index in [-0.39, 0.29) is 0 Å². The van der Waals surface area contributed by atoms with Gasteiger partial charge in [0.15, 0.2) is 5.82 Å². The van der Waals surface area contributed by atoms with Crippen LogP contribution in [-0.4, -0.2) is 19.9 Å². The third-order valence-electron chi connectivity index (χ3n) is 10.7. The molecule has 10 rings (SSSR count). The molecule has 7 aromatic carbocycles. The summed E-state index contributed by atoms with van der Waals surface area (Å²) in [5.74, 6) is 0.702. The number of pyridine rings is 2. The number of fused-ring (bicyclic) bond motifs is 3. The van der Waals surface area contributed by atoms with Gasteiger partial charge in [-0.3, -0.25) is 0 Å². The average molecular weight is 729 g/mol. The van der Waals surface area contributed by atoms with Crippen molar-refractivity contribution in [2.45, 2.75) is 6.92 Å². The summed E-state index contributed by atoms with van der Waals surface area (Å²) in [5.41, 5.74) is 16.5. The zero-order valence-electron chi connectivity index (χ0n) is 31.3. The molecule has 0 aliphatic heterocycles. The normalized spacial score (nSPS) is 11.2. The van der Waals surface area contributed by atoms with E-state index in [1.165, 1.54) is 16.7 Å². The fourth-order valence-electron chi connectivity index (χ4n) is 7.55. The first-order valence-corrected chi connectivity index (χ1v) is 19.2. The first-order valence-electron chi connectivity index (χ1n) is 19.2. The Morgan fingerprint density at radius 1 is 0.281 bits per heavy atom. The molecule has 0 bridgehead atoms. The Labute approximate surface area is 331 Å². The van der Waals surface area contributed by atoms with E-state index in [4.69, 9.17) is 19.9 Å². The quantitative estimate of drug-likeness (QED) is 0.153. The molecule has 0 amide bonds. The number of hydrogen-bond donors (Lipinski definition) is 0. The van der Waals surface area contributed by atoms with E-state index in [9.17, 15) is 0 Å². The van der Waals surface area contributed by atoms with Crippen LogP contribution in [0.15, 0.2) is 200 Å². The Bertz CT molecular complexity index is 3020. The van der Waals surface area contributed by atoms with Gasteiger partial charge in [0.05, 0.1) is 33.8 Å². The van der Waals surface area contributed by atoms with Gasteiger partial charge >= 0.3 is 0 Å². The molecule has 0 spiro atoms. The molecule has 3 aromatic heterocycles. The van der Waals surface area contributed by atoms with E-state index in [2.05, 4.69) is 177 Å². The van der Waals surface area contributed by atoms with Crippen molar-refractivity contribution >= 4 is 21.8 Å². The number of hydrogen-bond acceptors (Lipinski definition) is 4. The number of aromatic nitrogens is 4. The van der Waals surface area contributed by atoms with Crippen molar-refractivity contribution in [3.63, 3.8) is 0 Å². The molecule has 0 saturated carbocycles. The third-order valence-corrected chi connectivity index (χ3v) is 10.7. The van der Waals surface area contributed by atoms with Gasteiger partial charge in [-0.1, -0.05) is 182 Å². The molecule has 3 heterocycles. The average Bonchev–Trinajstić information content (AvgIpc) is 3.29. The zero-order chi connectivity index (χ0) is 38.1. The molecule has 4 nitrogen and oxygen atoms in total. The van der Waals surface area contributed by atoms with Crippen LogP contribution in [-0.2, 0) is 0 Å². The Hall–Kier alpha value is -7.56. The zero-order valence-corrected chi connectivity index (χ0v) is 31.3. The molecule has 57 heavy (non-hydrogen) atoms. The lowest BCUT2D eigenvalue weighted by Crippen LogP contribution is -1.96. The van der Waals surface area contributed by atoms with Crippen LogP contribution >= 0.6 is 0 Å². The molecule has 0 aliphatic carbocycles. The number of aryl methyl sites for hydroxylation is 1. The molecule has 0 atom stereocenters. The SMILES string of the molecule is Cc1cc(-c2ccccc2)nc2c1ccc1ccc(-c3ccc(-c4ccc(-c5cc(-c6ccc(-c7ccccc7)cc6)nc(-c6ccccc6)n5)cc4)cc3)nc12. The Kier molecular flexibility index (Phi) is 8.69. The first-order chi connectivity index (χ1) is 28.1. The number of nitrogens with zero attached hydrogens (tertiary/aromatic N) is 4. The molecule has 0 unspecified atom stereocenters. The van der Waals surface area contributed by atoms with Crippen molar-refractivity contribution in [2.75, 3.05) is 0 Å². The minimum atomic E-state index is 0.702. The van der Waals surface area contributed by atoms with Crippen LogP contribution in [0.5, 0.6) is 0 Å². The Morgan fingerprint density at radius 2 is 0.667 bits per heavy atom. The monoisotopic (exact) mass is 728 g/mol. The largest absolute Gasteiger partial charge is 0.245 e. The van der Waals surface area contributed by atoms with Gasteiger partial charge in [-0.25, -0.2) is 19.9 Å². The van der Waals surface area contributed by atoms with E-state index < -0.39 is 0 Å². The van der Waals surface area contributed by atoms with Crippen LogP contribution in [0.1, 0.15) is 5.56 Å². The highest BCUT2D eigenvalue weighted by atomic mass is 14.9. The van der Waals surface area contributed by atoms with Crippen molar-refractivity contribution < 1.29 is 0 Å². The summed E-state index contributed by atoms with van der Waals surface area (Å²) in [4.78, 5) is 20.4. The number of benzene rings is 7. The minimum Gasteiger partial charge on any atom is -0.245 e. The molecule has 4 heteroatoms. The van der Waals surface area contributed by atoms with Crippen LogP contribution < -0.4 is 0 Å². The first kappa shape index (κ1) is 34.0. The fraction of sp³-hybridized carbons (Fsp3) is 0.0189. The van der Waals surface area contributed by atoms with E-state index in [0.717, 1.165) is 83.5 Å². The Morgan fingerprint density at radius 3 is 1.21 bits per heavy atom. The van der Waals surface area contributed by atoms with Crippen molar-refractivity contribution in [3.05, 3.63) is 206 Å². The van der Waals surface area contributed by atoms with Crippen LogP contribution in [0.4, 0.5) is 0 Å². The van der Waals surface area contributed by atoms with Crippen LogP contribution in [0.2, 0.25) is 0 Å². The molecule has 0 radical (unpaired) electrons. The summed E-state index contributed by atoms with van der Waals surface area (Å²) in [6.45, 7) is 2.15. The maximum absolute atomic E-state index is 5.20. The molecule has 268 valence electrons. The van der Waals surface area contributed by atoms with Crippen molar-refractivity contribution in [1.82, 2.24) is 19.9 Å². The van der Waals surface area contributed by atoms with E-state index >= 15 is 0 Å². The third kappa shape index (κ3) is 6.75. The molecule has 0 N–H and O–H groups in total. The highest BCUT2D eigenvalue weighted by molar-refractivity contribution is 6.05. The van der Waals surface area contributed by atoms with Crippen molar-refractivity contribution in [3.8, 4) is 78.7 Å². The van der Waals surface area contributed by atoms with Gasteiger partial charge in [0, 0.05) is 38.6 Å². The molecular formula is C53H36N4. The van der Waals surface area contributed by atoms with Crippen molar-refractivity contribution in [1.29, 1.82) is 0 Å². The van der Waals surface area contributed by atoms with Gasteiger partial charge in [0.25, 0.3) is 0 Å². The lowest BCUT2D eigenvalue weighted by atomic mass is 9.99. The highest BCUT2D eigenvalue weighted by Gasteiger charge is 2.14. The smallest absolute Gasteiger partial charge is 0.160 e. The lowest BCUT2D eigenvalue weighted by molar-refractivity contribution is 1.18. The topological polar surface area (TPSA) is 51.6 Å². The molecule has 0 fully saturated rings. The summed E-state index contributed by atoms with van der Waals surface area (Å²) in [6, 6.07) is 69.7. The molecule has 0 saturated heterocycles. The predicted octanol–water partition coefficient (Wildman–Crippen LogP) is 13.6. The summed E-state index contributed by atoms with van der Waals surface area (Å²) < 4.78 is 0. The van der Waals surface area contributed by atoms with E-state index in [0.29, 0.717) is 5.82 Å². The maximum atomic E-state index is 5.20. The van der Waals surface area contributed by atoms with Gasteiger partial charge < -0.3 is 0 Å².